The second-order valence-corrected chi connectivity index (χ2v) is 10.0. The predicted molar refractivity (Wildman–Crippen MR) is 136 cm³/mol. The molecule has 0 N–H and O–H groups in total. The van der Waals surface area contributed by atoms with Crippen LogP contribution in [0, 0.1) is 17.1 Å². The maximum absolute atomic E-state index is 15.2. The third-order valence-electron chi connectivity index (χ3n) is 7.70. The molecule has 2 aromatic heterocycles. The van der Waals surface area contributed by atoms with Crippen molar-refractivity contribution in [1.82, 2.24) is 19.1 Å². The molecule has 2 atom stereocenters. The van der Waals surface area contributed by atoms with E-state index in [2.05, 4.69) is 11.3 Å². The summed E-state index contributed by atoms with van der Waals surface area (Å²) in [6.07, 6.45) is 7.50. The first-order chi connectivity index (χ1) is 17.9. The van der Waals surface area contributed by atoms with Crippen molar-refractivity contribution in [3.05, 3.63) is 85.9 Å². The van der Waals surface area contributed by atoms with E-state index in [0.717, 1.165) is 36.5 Å². The van der Waals surface area contributed by atoms with E-state index in [1.54, 1.807) is 13.1 Å². The summed E-state index contributed by atoms with van der Waals surface area (Å²) in [6, 6.07) is 10.2. The summed E-state index contributed by atoms with van der Waals surface area (Å²) in [7, 11) is 3.06. The molecular formula is C28H26FN5O3. The summed E-state index contributed by atoms with van der Waals surface area (Å²) >= 11 is 0. The van der Waals surface area contributed by atoms with Crippen LogP contribution in [0.3, 0.4) is 0 Å². The maximum Gasteiger partial charge on any atom is 0.273 e. The molecule has 2 aliphatic rings. The fourth-order valence-electron chi connectivity index (χ4n) is 5.31. The second kappa shape index (κ2) is 8.82. The highest BCUT2D eigenvalue weighted by atomic mass is 19.1. The topological polar surface area (TPSA) is 94.8 Å². The van der Waals surface area contributed by atoms with Crippen LogP contribution in [-0.2, 0) is 18.8 Å². The summed E-state index contributed by atoms with van der Waals surface area (Å²) in [5.41, 5.74) is 1.90. The van der Waals surface area contributed by atoms with Crippen molar-refractivity contribution in [3.63, 3.8) is 0 Å². The van der Waals surface area contributed by atoms with Gasteiger partial charge >= 0.3 is 0 Å². The number of nitrogens with zero attached hydrogens (tertiary/aromatic N) is 5. The third-order valence-corrected chi connectivity index (χ3v) is 7.70. The minimum absolute atomic E-state index is 0.0429. The highest BCUT2D eigenvalue weighted by Gasteiger charge is 2.30. The Morgan fingerprint density at radius 1 is 1.03 bits per heavy atom. The molecule has 0 bridgehead atoms. The third kappa shape index (κ3) is 3.98. The lowest BCUT2D eigenvalue weighted by Gasteiger charge is -2.30. The van der Waals surface area contributed by atoms with E-state index in [9.17, 15) is 14.9 Å². The summed E-state index contributed by atoms with van der Waals surface area (Å²) in [6.45, 7) is 0.539. The van der Waals surface area contributed by atoms with Crippen LogP contribution in [-0.4, -0.2) is 25.8 Å². The molecular weight excluding hydrogens is 473 g/mol. The first kappa shape index (κ1) is 23.4. The number of aromatic nitrogens is 4. The Balaban J connectivity index is 1.49. The lowest BCUT2D eigenvalue weighted by atomic mass is 9.84. The molecule has 1 aliphatic carbocycles. The highest BCUT2D eigenvalue weighted by Crippen LogP contribution is 2.41. The lowest BCUT2D eigenvalue weighted by molar-refractivity contribution is 0.00524. The van der Waals surface area contributed by atoms with Gasteiger partial charge in [-0.1, -0.05) is 6.07 Å². The van der Waals surface area contributed by atoms with Crippen molar-refractivity contribution in [2.24, 2.45) is 14.1 Å². The number of halogens is 1. The number of benzene rings is 2. The average Bonchev–Trinajstić information content (AvgIpc) is 3.66. The Hall–Kier alpha value is -4.03. The Morgan fingerprint density at radius 3 is 2.54 bits per heavy atom. The standard InChI is InChI=1S/C28H26FN5O3/c1-32-27(35)23-11-18(17-7-8-37-25(12-17)19-14-31-34(15-19)20-4-5-20)10-22(26(23)28(36)33(32)2)21-6-3-16(13-30)9-24(21)29/h3,6,9-11,14-15,17,20,25H,4-5,7-8,12H2,1-2H3/t17-,25+/m0/s1. The quantitative estimate of drug-likeness (QED) is 0.422. The normalized spacial score (nSPS) is 19.7. The van der Waals surface area contributed by atoms with Crippen LogP contribution in [0.5, 0.6) is 0 Å². The van der Waals surface area contributed by atoms with Crippen LogP contribution in [0.15, 0.2) is 52.3 Å². The molecule has 2 aromatic carbocycles. The van der Waals surface area contributed by atoms with Gasteiger partial charge in [0.15, 0.2) is 0 Å². The van der Waals surface area contributed by atoms with Gasteiger partial charge in [0, 0.05) is 38.0 Å². The van der Waals surface area contributed by atoms with Gasteiger partial charge in [-0.15, -0.1) is 0 Å². The fraction of sp³-hybridized carbons (Fsp3) is 0.357. The van der Waals surface area contributed by atoms with Crippen LogP contribution >= 0.6 is 0 Å². The van der Waals surface area contributed by atoms with Crippen LogP contribution in [0.4, 0.5) is 4.39 Å². The van der Waals surface area contributed by atoms with Crippen molar-refractivity contribution >= 4 is 10.8 Å². The summed E-state index contributed by atoms with van der Waals surface area (Å²) in [5, 5.41) is 14.1. The van der Waals surface area contributed by atoms with E-state index >= 15 is 4.39 Å². The Kier molecular flexibility index (Phi) is 5.57. The van der Waals surface area contributed by atoms with Crippen LogP contribution in [0.1, 0.15) is 60.4 Å². The molecule has 1 saturated heterocycles. The smallest absolute Gasteiger partial charge is 0.273 e. The molecule has 0 spiro atoms. The van der Waals surface area contributed by atoms with Crippen molar-refractivity contribution in [3.8, 4) is 17.2 Å². The van der Waals surface area contributed by atoms with Gasteiger partial charge in [0.2, 0.25) is 0 Å². The highest BCUT2D eigenvalue weighted by molar-refractivity contribution is 5.96. The molecule has 4 aromatic rings. The molecule has 3 heterocycles. The van der Waals surface area contributed by atoms with E-state index < -0.39 is 5.82 Å². The molecule has 0 amide bonds. The van der Waals surface area contributed by atoms with Crippen molar-refractivity contribution in [2.45, 2.75) is 43.7 Å². The minimum Gasteiger partial charge on any atom is -0.373 e. The van der Waals surface area contributed by atoms with Crippen LogP contribution in [0.25, 0.3) is 21.9 Å². The molecule has 6 rings (SSSR count). The molecule has 1 aliphatic heterocycles. The van der Waals surface area contributed by atoms with Gasteiger partial charge in [-0.25, -0.2) is 4.39 Å². The lowest BCUT2D eigenvalue weighted by Crippen LogP contribution is -2.35. The SMILES string of the molecule is Cn1c(=O)c2cc([C@H]3CCO[C@@H](c4cnn(C5CC5)c4)C3)cc(-c3ccc(C#N)cc3F)c2c(=O)n1C. The molecule has 1 saturated carbocycles. The minimum atomic E-state index is -0.613. The Bertz CT molecular complexity index is 1710. The zero-order valence-corrected chi connectivity index (χ0v) is 20.6. The predicted octanol–water partition coefficient (Wildman–Crippen LogP) is 4.08. The van der Waals surface area contributed by atoms with Crippen molar-refractivity contribution in [2.75, 3.05) is 6.61 Å². The van der Waals surface area contributed by atoms with E-state index in [4.69, 9.17) is 4.74 Å². The molecule has 37 heavy (non-hydrogen) atoms. The molecule has 0 radical (unpaired) electrons. The fourth-order valence-corrected chi connectivity index (χ4v) is 5.31. The maximum atomic E-state index is 15.2. The van der Waals surface area contributed by atoms with Crippen molar-refractivity contribution < 1.29 is 9.13 Å². The molecule has 188 valence electrons. The second-order valence-electron chi connectivity index (χ2n) is 10.0. The number of nitriles is 1. The van der Waals surface area contributed by atoms with Crippen LogP contribution in [0.2, 0.25) is 0 Å². The van der Waals surface area contributed by atoms with Gasteiger partial charge in [0.1, 0.15) is 5.82 Å². The first-order valence-corrected chi connectivity index (χ1v) is 12.5. The van der Waals surface area contributed by atoms with Gasteiger partial charge in [-0.3, -0.25) is 23.6 Å². The molecule has 8 nitrogen and oxygen atoms in total. The van der Waals surface area contributed by atoms with Crippen molar-refractivity contribution in [1.29, 1.82) is 5.26 Å². The average molecular weight is 500 g/mol. The van der Waals surface area contributed by atoms with Gasteiger partial charge in [-0.05, 0) is 67.0 Å². The zero-order valence-electron chi connectivity index (χ0n) is 20.6. The summed E-state index contributed by atoms with van der Waals surface area (Å²) in [5.74, 6) is -0.570. The Labute approximate surface area is 212 Å². The summed E-state index contributed by atoms with van der Waals surface area (Å²) < 4.78 is 25.8. The first-order valence-electron chi connectivity index (χ1n) is 12.5. The van der Waals surface area contributed by atoms with Gasteiger partial charge in [0.25, 0.3) is 11.1 Å². The van der Waals surface area contributed by atoms with E-state index in [1.165, 1.54) is 28.5 Å². The number of hydrogen-bond donors (Lipinski definition) is 0. The van der Waals surface area contributed by atoms with E-state index in [0.29, 0.717) is 24.6 Å². The van der Waals surface area contributed by atoms with Gasteiger partial charge in [0.05, 0.1) is 40.7 Å². The number of ether oxygens (including phenoxy) is 1. The van der Waals surface area contributed by atoms with E-state index in [1.807, 2.05) is 23.0 Å². The van der Waals surface area contributed by atoms with E-state index in [-0.39, 0.29) is 45.0 Å². The molecule has 9 heteroatoms. The molecule has 2 fully saturated rings. The molecule has 0 unspecified atom stereocenters. The zero-order chi connectivity index (χ0) is 25.8. The number of hydrogen-bond acceptors (Lipinski definition) is 5. The van der Waals surface area contributed by atoms with Crippen LogP contribution < -0.4 is 11.1 Å². The monoisotopic (exact) mass is 499 g/mol. The number of fused-ring (bicyclic) bond motifs is 1. The Morgan fingerprint density at radius 2 is 1.81 bits per heavy atom. The van der Waals surface area contributed by atoms with Gasteiger partial charge < -0.3 is 4.74 Å². The summed E-state index contributed by atoms with van der Waals surface area (Å²) in [4.78, 5) is 26.6. The largest absolute Gasteiger partial charge is 0.373 e. The van der Waals surface area contributed by atoms with Gasteiger partial charge in [-0.2, -0.15) is 10.4 Å². The number of rotatable bonds is 4.